The Morgan fingerprint density at radius 1 is 1.05 bits per heavy atom. The number of alkyl halides is 3. The molecule has 0 spiro atoms. The second-order valence-corrected chi connectivity index (χ2v) is 4.08. The normalized spacial score (nSPS) is 11.4. The molecule has 0 aliphatic heterocycles. The molecular weight excluding hydrogens is 274 g/mol. The first kappa shape index (κ1) is 14.3. The molecule has 0 saturated carbocycles. The quantitative estimate of drug-likeness (QED) is 0.862. The summed E-state index contributed by atoms with van der Waals surface area (Å²) in [7, 11) is 0. The van der Waals surface area contributed by atoms with Gasteiger partial charge in [0.05, 0.1) is 5.56 Å². The van der Waals surface area contributed by atoms with Gasteiger partial charge in [-0.05, 0) is 30.3 Å². The van der Waals surface area contributed by atoms with E-state index in [0.717, 1.165) is 18.2 Å². The minimum atomic E-state index is -4.44. The van der Waals surface area contributed by atoms with Gasteiger partial charge in [0.2, 0.25) is 0 Å². The molecule has 0 bridgehead atoms. The summed E-state index contributed by atoms with van der Waals surface area (Å²) in [4.78, 5) is 0. The van der Waals surface area contributed by atoms with Crippen LogP contribution < -0.4 is 10.5 Å². The maximum absolute atomic E-state index is 13.0. The lowest BCUT2D eigenvalue weighted by atomic mass is 10.1. The van der Waals surface area contributed by atoms with Crippen molar-refractivity contribution in [1.29, 1.82) is 0 Å². The summed E-state index contributed by atoms with van der Waals surface area (Å²) in [5.74, 6) is -0.130. The van der Waals surface area contributed by atoms with Crippen LogP contribution in [0.2, 0.25) is 0 Å². The topological polar surface area (TPSA) is 35.2 Å². The highest BCUT2D eigenvalue weighted by molar-refractivity contribution is 5.41. The lowest BCUT2D eigenvalue weighted by Gasteiger charge is -2.13. The summed E-state index contributed by atoms with van der Waals surface area (Å²) in [5, 5.41) is 0. The van der Waals surface area contributed by atoms with Crippen molar-refractivity contribution in [2.45, 2.75) is 12.7 Å². The molecule has 0 unspecified atom stereocenters. The van der Waals surface area contributed by atoms with E-state index >= 15 is 0 Å². The van der Waals surface area contributed by atoms with E-state index in [1.807, 2.05) is 0 Å². The van der Waals surface area contributed by atoms with E-state index in [9.17, 15) is 17.6 Å². The molecule has 20 heavy (non-hydrogen) atoms. The van der Waals surface area contributed by atoms with Crippen molar-refractivity contribution in [3.8, 4) is 11.5 Å². The number of hydrogen-bond acceptors (Lipinski definition) is 2. The summed E-state index contributed by atoms with van der Waals surface area (Å²) >= 11 is 0. The van der Waals surface area contributed by atoms with Crippen LogP contribution in [-0.4, -0.2) is 0 Å². The lowest BCUT2D eigenvalue weighted by Crippen LogP contribution is -2.08. The molecule has 0 atom stereocenters. The Kier molecular flexibility index (Phi) is 3.94. The van der Waals surface area contributed by atoms with Crippen LogP contribution in [-0.2, 0) is 12.7 Å². The number of nitrogens with two attached hydrogens (primary N) is 1. The highest BCUT2D eigenvalue weighted by Gasteiger charge is 2.31. The van der Waals surface area contributed by atoms with Gasteiger partial charge in [-0.15, -0.1) is 0 Å². The molecule has 0 aliphatic carbocycles. The molecule has 0 saturated heterocycles. The monoisotopic (exact) mass is 285 g/mol. The van der Waals surface area contributed by atoms with E-state index in [0.29, 0.717) is 0 Å². The fraction of sp³-hybridized carbons (Fsp3) is 0.143. The molecule has 0 amide bonds. The fourth-order valence-electron chi connectivity index (χ4n) is 1.67. The lowest BCUT2D eigenvalue weighted by molar-refractivity contribution is -0.137. The highest BCUT2D eigenvalue weighted by Crippen LogP contribution is 2.34. The van der Waals surface area contributed by atoms with Crippen LogP contribution in [0.25, 0.3) is 0 Å². The van der Waals surface area contributed by atoms with Crippen molar-refractivity contribution in [2.24, 2.45) is 5.73 Å². The molecule has 6 heteroatoms. The van der Waals surface area contributed by atoms with Crippen LogP contribution in [0.1, 0.15) is 11.1 Å². The molecule has 2 N–H and O–H groups in total. The highest BCUT2D eigenvalue weighted by atomic mass is 19.4. The fourth-order valence-corrected chi connectivity index (χ4v) is 1.67. The van der Waals surface area contributed by atoms with Crippen molar-refractivity contribution in [1.82, 2.24) is 0 Å². The summed E-state index contributed by atoms with van der Waals surface area (Å²) in [6, 6.07) is 8.32. The predicted molar refractivity (Wildman–Crippen MR) is 65.8 cm³/mol. The Balaban J connectivity index is 2.33. The Morgan fingerprint density at radius 2 is 1.80 bits per heavy atom. The van der Waals surface area contributed by atoms with E-state index in [2.05, 4.69) is 0 Å². The van der Waals surface area contributed by atoms with Crippen molar-refractivity contribution in [2.75, 3.05) is 0 Å². The Hall–Kier alpha value is -2.08. The zero-order chi connectivity index (χ0) is 14.8. The third-order valence-electron chi connectivity index (χ3n) is 2.63. The van der Waals surface area contributed by atoms with E-state index in [4.69, 9.17) is 10.5 Å². The van der Waals surface area contributed by atoms with Gasteiger partial charge in [-0.3, -0.25) is 0 Å². The Bertz CT molecular complexity index is 610. The van der Waals surface area contributed by atoms with E-state index < -0.39 is 17.6 Å². The van der Waals surface area contributed by atoms with E-state index in [1.165, 1.54) is 24.3 Å². The first-order valence-corrected chi connectivity index (χ1v) is 5.74. The third kappa shape index (κ3) is 3.27. The maximum Gasteiger partial charge on any atom is 0.416 e. The minimum Gasteiger partial charge on any atom is -0.457 e. The van der Waals surface area contributed by atoms with Crippen LogP contribution >= 0.6 is 0 Å². The summed E-state index contributed by atoms with van der Waals surface area (Å²) < 4.78 is 56.1. The van der Waals surface area contributed by atoms with Gasteiger partial charge in [-0.1, -0.05) is 6.07 Å². The average Bonchev–Trinajstić information content (AvgIpc) is 2.38. The summed E-state index contributed by atoms with van der Waals surface area (Å²) in [6.45, 7) is -0.116. The van der Waals surface area contributed by atoms with Gasteiger partial charge in [-0.2, -0.15) is 13.2 Å². The van der Waals surface area contributed by atoms with Crippen LogP contribution in [0, 0.1) is 5.82 Å². The average molecular weight is 285 g/mol. The molecule has 2 nitrogen and oxygen atoms in total. The van der Waals surface area contributed by atoms with Crippen LogP contribution in [0.3, 0.4) is 0 Å². The number of hydrogen-bond donors (Lipinski definition) is 1. The van der Waals surface area contributed by atoms with Crippen molar-refractivity contribution in [3.05, 3.63) is 59.4 Å². The molecular formula is C14H11F4NO. The van der Waals surface area contributed by atoms with E-state index in [1.54, 1.807) is 0 Å². The minimum absolute atomic E-state index is 0.116. The zero-order valence-electron chi connectivity index (χ0n) is 10.2. The van der Waals surface area contributed by atoms with Crippen molar-refractivity contribution < 1.29 is 22.3 Å². The first-order chi connectivity index (χ1) is 9.40. The summed E-state index contributed by atoms with van der Waals surface area (Å²) in [5.41, 5.74) is 4.82. The molecule has 2 rings (SSSR count). The number of halogens is 4. The van der Waals surface area contributed by atoms with Gasteiger partial charge in [0.15, 0.2) is 0 Å². The number of benzene rings is 2. The van der Waals surface area contributed by atoms with Gasteiger partial charge in [-0.25, -0.2) is 4.39 Å². The van der Waals surface area contributed by atoms with Crippen LogP contribution in [0.4, 0.5) is 17.6 Å². The molecule has 0 fully saturated rings. The summed E-state index contributed by atoms with van der Waals surface area (Å²) in [6.07, 6.45) is -4.44. The Morgan fingerprint density at radius 3 is 2.40 bits per heavy atom. The Labute approximate surface area is 112 Å². The molecule has 2 aromatic carbocycles. The van der Waals surface area contributed by atoms with E-state index in [-0.39, 0.29) is 23.6 Å². The van der Waals surface area contributed by atoms with Gasteiger partial charge in [0, 0.05) is 18.2 Å². The van der Waals surface area contributed by atoms with Gasteiger partial charge < -0.3 is 10.5 Å². The van der Waals surface area contributed by atoms with Crippen LogP contribution in [0.15, 0.2) is 42.5 Å². The SMILES string of the molecule is NCc1cc(C(F)(F)F)ccc1Oc1cccc(F)c1. The van der Waals surface area contributed by atoms with Crippen molar-refractivity contribution in [3.63, 3.8) is 0 Å². The molecule has 0 aromatic heterocycles. The second kappa shape index (κ2) is 5.50. The van der Waals surface area contributed by atoms with Gasteiger partial charge >= 0.3 is 6.18 Å². The molecule has 2 aromatic rings. The molecule has 0 radical (unpaired) electrons. The van der Waals surface area contributed by atoms with Crippen molar-refractivity contribution >= 4 is 0 Å². The first-order valence-electron chi connectivity index (χ1n) is 5.74. The molecule has 0 aliphatic rings. The van der Waals surface area contributed by atoms with Gasteiger partial charge in [0.25, 0.3) is 0 Å². The second-order valence-electron chi connectivity index (χ2n) is 4.08. The molecule has 106 valence electrons. The number of ether oxygens (including phenoxy) is 1. The number of rotatable bonds is 3. The third-order valence-corrected chi connectivity index (χ3v) is 2.63. The van der Waals surface area contributed by atoms with Gasteiger partial charge in [0.1, 0.15) is 17.3 Å². The molecule has 0 heterocycles. The zero-order valence-corrected chi connectivity index (χ0v) is 10.2. The maximum atomic E-state index is 13.0. The largest absolute Gasteiger partial charge is 0.457 e. The smallest absolute Gasteiger partial charge is 0.416 e. The van der Waals surface area contributed by atoms with Crippen LogP contribution in [0.5, 0.6) is 11.5 Å². The standard InChI is InChI=1S/C14H11F4NO/c15-11-2-1-3-12(7-11)20-13-5-4-10(14(16,17)18)6-9(13)8-19/h1-7H,8,19H2. The predicted octanol–water partition coefficient (Wildman–Crippen LogP) is 4.10.